The second-order valence-corrected chi connectivity index (χ2v) is 6.36. The fourth-order valence-corrected chi connectivity index (χ4v) is 3.39. The van der Waals surface area contributed by atoms with Gasteiger partial charge in [0, 0.05) is 19.2 Å². The molecule has 1 atom stereocenters. The van der Waals surface area contributed by atoms with Crippen LogP contribution >= 0.6 is 0 Å². The van der Waals surface area contributed by atoms with Gasteiger partial charge in [-0.2, -0.15) is 0 Å². The molecular formula is C20H19NO7. The summed E-state index contributed by atoms with van der Waals surface area (Å²) in [5.74, 6) is -0.363. The largest absolute Gasteiger partial charge is 0.507 e. The molecule has 0 spiro atoms. The normalized spacial score (nSPS) is 20.6. The number of nitrogens with zero attached hydrogens (tertiary/aromatic N) is 1. The SMILES string of the molecule is COCCN1C(=O)C(=O)/C(=C(/O)c2ccc3c(c2)OCCO3)C1c1ccco1. The smallest absolute Gasteiger partial charge is 0.295 e. The number of rotatable bonds is 5. The van der Waals surface area contributed by atoms with Crippen LogP contribution in [-0.4, -0.2) is 55.2 Å². The molecule has 8 nitrogen and oxygen atoms in total. The molecule has 4 rings (SSSR count). The molecule has 1 saturated heterocycles. The lowest BCUT2D eigenvalue weighted by atomic mass is 9.99. The minimum atomic E-state index is -0.835. The summed E-state index contributed by atoms with van der Waals surface area (Å²) in [7, 11) is 1.51. The zero-order valence-corrected chi connectivity index (χ0v) is 15.2. The number of benzene rings is 1. The molecule has 2 aromatic rings. The number of aliphatic hydroxyl groups excluding tert-OH is 1. The summed E-state index contributed by atoms with van der Waals surface area (Å²) in [4.78, 5) is 26.7. The molecule has 1 amide bonds. The third-order valence-electron chi connectivity index (χ3n) is 4.70. The highest BCUT2D eigenvalue weighted by Crippen LogP contribution is 2.41. The first-order valence-electron chi connectivity index (χ1n) is 8.82. The standard InChI is InChI=1S/C20H19NO7/c1-25-8-6-21-17(14-3-2-7-26-14)16(19(23)20(21)24)18(22)12-4-5-13-15(11-12)28-10-9-27-13/h2-5,7,11,17,22H,6,8-10H2,1H3/b18-16+. The van der Waals surface area contributed by atoms with E-state index in [1.54, 1.807) is 30.3 Å². The van der Waals surface area contributed by atoms with Crippen molar-refractivity contribution in [3.05, 3.63) is 53.5 Å². The zero-order valence-electron chi connectivity index (χ0n) is 15.2. The molecule has 0 saturated carbocycles. The molecule has 1 unspecified atom stereocenters. The Morgan fingerprint density at radius 1 is 1.21 bits per heavy atom. The van der Waals surface area contributed by atoms with Crippen molar-refractivity contribution in [3.63, 3.8) is 0 Å². The van der Waals surface area contributed by atoms with Crippen LogP contribution in [0.15, 0.2) is 46.6 Å². The van der Waals surface area contributed by atoms with E-state index in [1.807, 2.05) is 0 Å². The quantitative estimate of drug-likeness (QED) is 0.478. The molecule has 1 aromatic carbocycles. The van der Waals surface area contributed by atoms with Gasteiger partial charge in [0.25, 0.3) is 11.7 Å². The molecule has 2 aliphatic heterocycles. The van der Waals surface area contributed by atoms with Crippen LogP contribution in [0.3, 0.4) is 0 Å². The van der Waals surface area contributed by atoms with Gasteiger partial charge in [0.05, 0.1) is 18.4 Å². The Labute approximate surface area is 160 Å². The van der Waals surface area contributed by atoms with E-state index in [2.05, 4.69) is 0 Å². The van der Waals surface area contributed by atoms with Crippen LogP contribution in [0.1, 0.15) is 17.4 Å². The van der Waals surface area contributed by atoms with Crippen molar-refractivity contribution in [2.75, 3.05) is 33.5 Å². The van der Waals surface area contributed by atoms with Gasteiger partial charge in [0.1, 0.15) is 30.8 Å². The molecule has 146 valence electrons. The minimum absolute atomic E-state index is 0.0345. The number of furan rings is 1. The monoisotopic (exact) mass is 385 g/mol. The molecule has 1 N–H and O–H groups in total. The number of aliphatic hydroxyl groups is 1. The molecule has 1 aromatic heterocycles. The van der Waals surface area contributed by atoms with Crippen LogP contribution in [0, 0.1) is 0 Å². The molecular weight excluding hydrogens is 366 g/mol. The Hall–Kier alpha value is -3.26. The third kappa shape index (κ3) is 3.01. The number of hydrogen-bond acceptors (Lipinski definition) is 7. The number of Topliss-reactive ketones (excluding diaryl/α,β-unsaturated/α-hetero) is 1. The molecule has 8 heteroatoms. The van der Waals surface area contributed by atoms with Gasteiger partial charge in [-0.05, 0) is 30.3 Å². The molecule has 2 aliphatic rings. The van der Waals surface area contributed by atoms with Gasteiger partial charge in [0.2, 0.25) is 0 Å². The summed E-state index contributed by atoms with van der Waals surface area (Å²) in [5, 5.41) is 10.9. The first-order valence-corrected chi connectivity index (χ1v) is 8.82. The maximum Gasteiger partial charge on any atom is 0.295 e. The first kappa shape index (κ1) is 18.1. The van der Waals surface area contributed by atoms with E-state index in [9.17, 15) is 14.7 Å². The summed E-state index contributed by atoms with van der Waals surface area (Å²) < 4.78 is 21.5. The van der Waals surface area contributed by atoms with Crippen molar-refractivity contribution in [2.24, 2.45) is 0 Å². The number of ether oxygens (including phenoxy) is 3. The van der Waals surface area contributed by atoms with E-state index in [0.29, 0.717) is 36.0 Å². The van der Waals surface area contributed by atoms with Crippen molar-refractivity contribution in [3.8, 4) is 11.5 Å². The Bertz CT molecular complexity index is 932. The minimum Gasteiger partial charge on any atom is -0.507 e. The van der Waals surface area contributed by atoms with E-state index in [4.69, 9.17) is 18.6 Å². The van der Waals surface area contributed by atoms with Crippen LogP contribution in [0.5, 0.6) is 11.5 Å². The number of likely N-dealkylation sites (tertiary alicyclic amines) is 1. The highest BCUT2D eigenvalue weighted by molar-refractivity contribution is 6.46. The van der Waals surface area contributed by atoms with Crippen LogP contribution in [0.4, 0.5) is 0 Å². The summed E-state index contributed by atoms with van der Waals surface area (Å²) >= 11 is 0. The van der Waals surface area contributed by atoms with Gasteiger partial charge in [0.15, 0.2) is 11.5 Å². The van der Waals surface area contributed by atoms with Crippen LogP contribution in [-0.2, 0) is 14.3 Å². The number of amides is 1. The van der Waals surface area contributed by atoms with Crippen molar-refractivity contribution >= 4 is 17.4 Å². The number of methoxy groups -OCH3 is 1. The number of fused-ring (bicyclic) bond motifs is 1. The van der Waals surface area contributed by atoms with Gasteiger partial charge < -0.3 is 28.6 Å². The molecule has 3 heterocycles. The fourth-order valence-electron chi connectivity index (χ4n) is 3.39. The van der Waals surface area contributed by atoms with Crippen LogP contribution in [0.2, 0.25) is 0 Å². The van der Waals surface area contributed by atoms with E-state index in [1.165, 1.54) is 18.3 Å². The Balaban J connectivity index is 1.80. The van der Waals surface area contributed by atoms with Gasteiger partial charge in [-0.1, -0.05) is 0 Å². The van der Waals surface area contributed by atoms with Crippen molar-refractivity contribution in [2.45, 2.75) is 6.04 Å². The number of carbonyl (C=O) groups excluding carboxylic acids is 2. The second kappa shape index (κ2) is 7.40. The number of carbonyl (C=O) groups is 2. The average molecular weight is 385 g/mol. The average Bonchev–Trinajstić information content (AvgIpc) is 3.33. The third-order valence-corrected chi connectivity index (χ3v) is 4.70. The maximum atomic E-state index is 12.7. The lowest BCUT2D eigenvalue weighted by molar-refractivity contribution is -0.140. The maximum absolute atomic E-state index is 12.7. The van der Waals surface area contributed by atoms with Crippen molar-refractivity contribution < 1.29 is 33.3 Å². The Kier molecular flexibility index (Phi) is 4.79. The zero-order chi connectivity index (χ0) is 19.7. The van der Waals surface area contributed by atoms with E-state index >= 15 is 0 Å². The predicted octanol–water partition coefficient (Wildman–Crippen LogP) is 2.12. The number of ketones is 1. The van der Waals surface area contributed by atoms with E-state index < -0.39 is 17.7 Å². The molecule has 0 bridgehead atoms. The summed E-state index contributed by atoms with van der Waals surface area (Å²) in [6, 6.07) is 7.35. The lowest BCUT2D eigenvalue weighted by Crippen LogP contribution is -2.32. The predicted molar refractivity (Wildman–Crippen MR) is 97.0 cm³/mol. The van der Waals surface area contributed by atoms with Gasteiger partial charge in [-0.15, -0.1) is 0 Å². The van der Waals surface area contributed by atoms with Crippen LogP contribution < -0.4 is 9.47 Å². The van der Waals surface area contributed by atoms with Gasteiger partial charge in [-0.3, -0.25) is 9.59 Å². The molecule has 0 aliphatic carbocycles. The van der Waals surface area contributed by atoms with Crippen molar-refractivity contribution in [1.82, 2.24) is 4.90 Å². The highest BCUT2D eigenvalue weighted by atomic mass is 16.6. The van der Waals surface area contributed by atoms with Gasteiger partial charge >= 0.3 is 0 Å². The molecule has 0 radical (unpaired) electrons. The molecule has 28 heavy (non-hydrogen) atoms. The van der Waals surface area contributed by atoms with Gasteiger partial charge in [-0.25, -0.2) is 0 Å². The fraction of sp³-hybridized carbons (Fsp3) is 0.300. The second-order valence-electron chi connectivity index (χ2n) is 6.36. The summed E-state index contributed by atoms with van der Waals surface area (Å²) in [5.41, 5.74) is 0.318. The first-order chi connectivity index (χ1) is 13.6. The van der Waals surface area contributed by atoms with Crippen LogP contribution in [0.25, 0.3) is 5.76 Å². The summed E-state index contributed by atoms with van der Waals surface area (Å²) in [6.07, 6.45) is 1.45. The van der Waals surface area contributed by atoms with E-state index in [-0.39, 0.29) is 24.5 Å². The topological polar surface area (TPSA) is 98.4 Å². The van der Waals surface area contributed by atoms with E-state index in [0.717, 1.165) is 0 Å². The summed E-state index contributed by atoms with van der Waals surface area (Å²) in [6.45, 7) is 1.27. The Morgan fingerprint density at radius 2 is 2.00 bits per heavy atom. The van der Waals surface area contributed by atoms with Crippen molar-refractivity contribution in [1.29, 1.82) is 0 Å². The Morgan fingerprint density at radius 3 is 2.71 bits per heavy atom. The highest BCUT2D eigenvalue weighted by Gasteiger charge is 2.47. The molecule has 1 fully saturated rings. The lowest BCUT2D eigenvalue weighted by Gasteiger charge is -2.23. The number of hydrogen-bond donors (Lipinski definition) is 1.